The number of carbonyl (C=O) groups is 1. The van der Waals surface area contributed by atoms with Crippen LogP contribution in [0.1, 0.15) is 31.9 Å². The van der Waals surface area contributed by atoms with Crippen LogP contribution >= 0.6 is 11.6 Å². The fraction of sp³-hybridized carbons (Fsp3) is 0.588. The Bertz CT molecular complexity index is 676. The predicted octanol–water partition coefficient (Wildman–Crippen LogP) is 2.27. The maximum atomic E-state index is 12.6. The Balaban J connectivity index is 2.06. The van der Waals surface area contributed by atoms with Gasteiger partial charge in [-0.15, -0.1) is 0 Å². The summed E-state index contributed by atoms with van der Waals surface area (Å²) < 4.78 is 24.0. The first kappa shape index (κ1) is 19.2. The van der Waals surface area contributed by atoms with Crippen molar-refractivity contribution in [2.45, 2.75) is 26.3 Å². The van der Waals surface area contributed by atoms with E-state index in [0.29, 0.717) is 24.7 Å². The topological polar surface area (TPSA) is 66.5 Å². The van der Waals surface area contributed by atoms with Gasteiger partial charge in [0.2, 0.25) is 5.91 Å². The molecule has 1 saturated heterocycles. The highest BCUT2D eigenvalue weighted by Gasteiger charge is 2.28. The van der Waals surface area contributed by atoms with Gasteiger partial charge in [0.15, 0.2) is 9.84 Å². The second-order valence-corrected chi connectivity index (χ2v) is 9.29. The Morgan fingerprint density at radius 3 is 2.83 bits per heavy atom. The molecule has 0 saturated carbocycles. The largest absolute Gasteiger partial charge is 0.333 e. The zero-order chi connectivity index (χ0) is 17.7. The smallest absolute Gasteiger partial charge is 0.224 e. The summed E-state index contributed by atoms with van der Waals surface area (Å²) >= 11 is 6.06. The fourth-order valence-electron chi connectivity index (χ4n) is 2.99. The average Bonchev–Trinajstić information content (AvgIpc) is 2.51. The number of nitrogens with zero attached hydrogens (tertiary/aromatic N) is 1. The first-order valence-corrected chi connectivity index (χ1v) is 10.4. The molecule has 0 aliphatic carbocycles. The first-order valence-electron chi connectivity index (χ1n) is 8.24. The molecule has 0 spiro atoms. The van der Waals surface area contributed by atoms with Crippen LogP contribution in [-0.4, -0.2) is 50.4 Å². The third kappa shape index (κ3) is 5.46. The summed E-state index contributed by atoms with van der Waals surface area (Å²) in [6, 6.07) is 7.35. The van der Waals surface area contributed by atoms with Gasteiger partial charge >= 0.3 is 0 Å². The molecule has 1 fully saturated rings. The van der Waals surface area contributed by atoms with Crippen molar-refractivity contribution < 1.29 is 13.2 Å². The molecule has 134 valence electrons. The number of sulfone groups is 1. The van der Waals surface area contributed by atoms with E-state index in [1.165, 1.54) is 0 Å². The molecule has 5 nitrogen and oxygen atoms in total. The third-order valence-electron chi connectivity index (χ3n) is 4.01. The summed E-state index contributed by atoms with van der Waals surface area (Å²) in [5.74, 6) is -0.00670. The lowest BCUT2D eigenvalue weighted by molar-refractivity contribution is -0.134. The SMILES string of the molecule is CC(C)CS(=O)(=O)CCC(=O)N1CCNCC1c1cccc(Cl)c1. The Kier molecular flexibility index (Phi) is 6.66. The molecule has 2 rings (SSSR count). The van der Waals surface area contributed by atoms with E-state index in [0.717, 1.165) is 5.56 Å². The van der Waals surface area contributed by atoms with Crippen molar-refractivity contribution in [3.05, 3.63) is 34.9 Å². The number of halogens is 1. The fourth-order valence-corrected chi connectivity index (χ4v) is 4.86. The lowest BCUT2D eigenvalue weighted by atomic mass is 10.0. The Hall–Kier alpha value is -1.11. The van der Waals surface area contributed by atoms with Crippen molar-refractivity contribution in [2.75, 3.05) is 31.1 Å². The molecule has 0 radical (unpaired) electrons. The average molecular weight is 373 g/mol. The molecule has 1 amide bonds. The Labute approximate surface area is 149 Å². The Morgan fingerprint density at radius 2 is 2.17 bits per heavy atom. The molecule has 1 aliphatic heterocycles. The molecular formula is C17H25ClN2O3S. The van der Waals surface area contributed by atoms with Crippen LogP contribution in [0.3, 0.4) is 0 Å². The maximum Gasteiger partial charge on any atom is 0.224 e. The van der Waals surface area contributed by atoms with Gasteiger partial charge in [-0.3, -0.25) is 4.79 Å². The number of hydrogen-bond donors (Lipinski definition) is 1. The minimum absolute atomic E-state index is 0.0338. The van der Waals surface area contributed by atoms with Crippen LogP contribution in [0.25, 0.3) is 0 Å². The summed E-state index contributed by atoms with van der Waals surface area (Å²) in [5, 5.41) is 3.91. The molecule has 7 heteroatoms. The van der Waals surface area contributed by atoms with Crippen molar-refractivity contribution in [3.8, 4) is 0 Å². The summed E-state index contributed by atoms with van der Waals surface area (Å²) in [6.07, 6.45) is 0.0338. The van der Waals surface area contributed by atoms with Crippen LogP contribution in [-0.2, 0) is 14.6 Å². The van der Waals surface area contributed by atoms with Crippen LogP contribution in [0.15, 0.2) is 24.3 Å². The van der Waals surface area contributed by atoms with Crippen LogP contribution in [0.4, 0.5) is 0 Å². The third-order valence-corrected chi connectivity index (χ3v) is 6.25. The number of amides is 1. The molecule has 0 bridgehead atoms. The van der Waals surface area contributed by atoms with Crippen molar-refractivity contribution in [1.29, 1.82) is 0 Å². The van der Waals surface area contributed by atoms with Crippen LogP contribution < -0.4 is 5.32 Å². The van der Waals surface area contributed by atoms with Gasteiger partial charge in [-0.2, -0.15) is 0 Å². The van der Waals surface area contributed by atoms with E-state index >= 15 is 0 Å². The van der Waals surface area contributed by atoms with E-state index in [1.54, 1.807) is 11.0 Å². The molecular weight excluding hydrogens is 348 g/mol. The van der Waals surface area contributed by atoms with Crippen LogP contribution in [0.5, 0.6) is 0 Å². The van der Waals surface area contributed by atoms with Gasteiger partial charge in [0.05, 0.1) is 17.5 Å². The highest BCUT2D eigenvalue weighted by molar-refractivity contribution is 7.91. The van der Waals surface area contributed by atoms with Gasteiger partial charge in [0.1, 0.15) is 0 Å². The van der Waals surface area contributed by atoms with E-state index in [-0.39, 0.29) is 35.8 Å². The molecule has 1 N–H and O–H groups in total. The number of nitrogens with one attached hydrogen (secondary N) is 1. The van der Waals surface area contributed by atoms with Crippen molar-refractivity contribution in [3.63, 3.8) is 0 Å². The molecule has 1 aliphatic rings. The maximum absolute atomic E-state index is 12.6. The monoisotopic (exact) mass is 372 g/mol. The van der Waals surface area contributed by atoms with Crippen molar-refractivity contribution >= 4 is 27.3 Å². The van der Waals surface area contributed by atoms with E-state index in [1.807, 2.05) is 32.0 Å². The number of rotatable bonds is 6. The molecule has 1 aromatic carbocycles. The standard InChI is InChI=1S/C17H25ClN2O3S/c1-13(2)12-24(22,23)9-6-17(21)20-8-7-19-11-16(20)14-4-3-5-15(18)10-14/h3-5,10,13,16,19H,6-9,11-12H2,1-2H3. The van der Waals surface area contributed by atoms with Gasteiger partial charge in [0, 0.05) is 31.1 Å². The lowest BCUT2D eigenvalue weighted by Gasteiger charge is -2.36. The first-order chi connectivity index (χ1) is 11.3. The number of piperazine rings is 1. The highest BCUT2D eigenvalue weighted by Crippen LogP contribution is 2.25. The minimum atomic E-state index is -3.19. The summed E-state index contributed by atoms with van der Waals surface area (Å²) in [7, 11) is -3.19. The summed E-state index contributed by atoms with van der Waals surface area (Å²) in [4.78, 5) is 14.4. The number of benzene rings is 1. The van der Waals surface area contributed by atoms with Gasteiger partial charge in [0.25, 0.3) is 0 Å². The molecule has 1 atom stereocenters. The quantitative estimate of drug-likeness (QED) is 0.831. The van der Waals surface area contributed by atoms with Gasteiger partial charge in [-0.25, -0.2) is 8.42 Å². The number of carbonyl (C=O) groups excluding carboxylic acids is 1. The normalized spacial score (nSPS) is 18.8. The summed E-state index contributed by atoms with van der Waals surface area (Å²) in [5.41, 5.74) is 0.966. The lowest BCUT2D eigenvalue weighted by Crippen LogP contribution is -2.49. The van der Waals surface area contributed by atoms with Gasteiger partial charge < -0.3 is 10.2 Å². The summed E-state index contributed by atoms with van der Waals surface area (Å²) in [6.45, 7) is 5.66. The van der Waals surface area contributed by atoms with Gasteiger partial charge in [-0.1, -0.05) is 37.6 Å². The Morgan fingerprint density at radius 1 is 1.42 bits per heavy atom. The zero-order valence-electron chi connectivity index (χ0n) is 14.2. The molecule has 0 aromatic heterocycles. The second kappa shape index (κ2) is 8.32. The molecule has 1 unspecified atom stereocenters. The van der Waals surface area contributed by atoms with Crippen molar-refractivity contribution in [2.24, 2.45) is 5.92 Å². The van der Waals surface area contributed by atoms with E-state index in [2.05, 4.69) is 5.32 Å². The van der Waals surface area contributed by atoms with Gasteiger partial charge in [-0.05, 0) is 23.6 Å². The van der Waals surface area contributed by atoms with Crippen LogP contribution in [0, 0.1) is 5.92 Å². The second-order valence-electron chi connectivity index (χ2n) is 6.62. The molecule has 1 heterocycles. The van der Waals surface area contributed by atoms with E-state index in [9.17, 15) is 13.2 Å². The minimum Gasteiger partial charge on any atom is -0.333 e. The van der Waals surface area contributed by atoms with Crippen molar-refractivity contribution in [1.82, 2.24) is 10.2 Å². The highest BCUT2D eigenvalue weighted by atomic mass is 35.5. The predicted molar refractivity (Wildman–Crippen MR) is 96.9 cm³/mol. The van der Waals surface area contributed by atoms with E-state index in [4.69, 9.17) is 11.6 Å². The molecule has 1 aromatic rings. The number of hydrogen-bond acceptors (Lipinski definition) is 4. The zero-order valence-corrected chi connectivity index (χ0v) is 15.7. The van der Waals surface area contributed by atoms with E-state index < -0.39 is 9.84 Å². The molecule has 24 heavy (non-hydrogen) atoms. The van der Waals surface area contributed by atoms with Crippen LogP contribution in [0.2, 0.25) is 5.02 Å².